The number of carboxylic acid groups (broad SMARTS) is 1. The molecule has 1 aromatic carbocycles. The predicted molar refractivity (Wildman–Crippen MR) is 52.8 cm³/mol. The van der Waals surface area contributed by atoms with Crippen molar-refractivity contribution in [3.63, 3.8) is 0 Å². The zero-order chi connectivity index (χ0) is 11.8. The summed E-state index contributed by atoms with van der Waals surface area (Å²) in [7, 11) is 1.27. The number of esters is 1. The molecule has 5 nitrogen and oxygen atoms in total. The van der Waals surface area contributed by atoms with Crippen LogP contribution in [0.2, 0.25) is 0 Å². The van der Waals surface area contributed by atoms with Crippen LogP contribution in [-0.4, -0.2) is 29.3 Å². The van der Waals surface area contributed by atoms with Crippen LogP contribution in [0, 0.1) is 0 Å². The second kappa shape index (κ2) is 6.42. The Bertz CT molecular complexity index is 341. The number of benzene rings is 1. The first kappa shape index (κ1) is 13.0. The molecule has 0 heterocycles. The monoisotopic (exact) mass is 212 g/mol. The largest absolute Gasteiger partial charge is 0.507 e. The van der Waals surface area contributed by atoms with Crippen molar-refractivity contribution in [2.45, 2.75) is 6.92 Å². The second-order valence-corrected chi connectivity index (χ2v) is 2.53. The van der Waals surface area contributed by atoms with E-state index in [1.807, 2.05) is 0 Å². The lowest BCUT2D eigenvalue weighted by Crippen LogP contribution is -2.00. The van der Waals surface area contributed by atoms with Crippen molar-refractivity contribution < 1.29 is 24.5 Å². The van der Waals surface area contributed by atoms with Crippen molar-refractivity contribution >= 4 is 11.9 Å². The fourth-order valence-electron chi connectivity index (χ4n) is 0.756. The Kier molecular flexibility index (Phi) is 5.55. The fourth-order valence-corrected chi connectivity index (χ4v) is 0.756. The molecule has 0 unspecified atom stereocenters. The van der Waals surface area contributed by atoms with Gasteiger partial charge in [0.25, 0.3) is 5.97 Å². The number of rotatable bonds is 1. The zero-order valence-corrected chi connectivity index (χ0v) is 8.43. The normalized spacial score (nSPS) is 8.40. The molecular formula is C10H12O5. The second-order valence-electron chi connectivity index (χ2n) is 2.53. The molecule has 0 fully saturated rings. The molecule has 0 atom stereocenters. The lowest BCUT2D eigenvalue weighted by Gasteiger charge is -1.99. The number of carbonyl (C=O) groups is 2. The number of aromatic hydroxyl groups is 1. The molecule has 1 rings (SSSR count). The molecule has 2 N–H and O–H groups in total. The van der Waals surface area contributed by atoms with Crippen LogP contribution in [-0.2, 0) is 9.53 Å². The summed E-state index contributed by atoms with van der Waals surface area (Å²) < 4.78 is 4.42. The highest BCUT2D eigenvalue weighted by molar-refractivity contribution is 5.92. The van der Waals surface area contributed by atoms with E-state index in [9.17, 15) is 4.79 Å². The van der Waals surface area contributed by atoms with Gasteiger partial charge in [0, 0.05) is 6.92 Å². The highest BCUT2D eigenvalue weighted by Gasteiger charge is 2.08. The SMILES string of the molecule is CC(=O)O.COC(=O)c1ccccc1O. The molecule has 0 aliphatic carbocycles. The average molecular weight is 212 g/mol. The van der Waals surface area contributed by atoms with Crippen LogP contribution in [0.3, 0.4) is 0 Å². The number of methoxy groups -OCH3 is 1. The number of hydrogen-bond acceptors (Lipinski definition) is 4. The number of carboxylic acids is 1. The average Bonchev–Trinajstić information content (AvgIpc) is 2.16. The number of ether oxygens (including phenoxy) is 1. The standard InChI is InChI=1S/C8H8O3.C2H4O2/c1-11-8(10)6-4-2-3-5-7(6)9;1-2(3)4/h2-5,9H,1H3;1H3,(H,3,4). The maximum atomic E-state index is 10.9. The molecule has 0 bridgehead atoms. The molecule has 0 spiro atoms. The van der Waals surface area contributed by atoms with E-state index in [2.05, 4.69) is 4.74 Å². The van der Waals surface area contributed by atoms with Gasteiger partial charge >= 0.3 is 5.97 Å². The van der Waals surface area contributed by atoms with Gasteiger partial charge in [-0.3, -0.25) is 4.79 Å². The van der Waals surface area contributed by atoms with Gasteiger partial charge in [-0.15, -0.1) is 0 Å². The van der Waals surface area contributed by atoms with E-state index in [0.717, 1.165) is 6.92 Å². The Balaban J connectivity index is 0.000000423. The molecule has 0 aliphatic rings. The lowest BCUT2D eigenvalue weighted by atomic mass is 10.2. The van der Waals surface area contributed by atoms with Crippen LogP contribution < -0.4 is 0 Å². The van der Waals surface area contributed by atoms with Gasteiger partial charge in [0.15, 0.2) is 0 Å². The molecule has 0 saturated carbocycles. The van der Waals surface area contributed by atoms with E-state index in [0.29, 0.717) is 0 Å². The van der Waals surface area contributed by atoms with Gasteiger partial charge in [-0.2, -0.15) is 0 Å². The molecule has 0 amide bonds. The van der Waals surface area contributed by atoms with Gasteiger partial charge in [0.2, 0.25) is 0 Å². The third kappa shape index (κ3) is 5.30. The molecular weight excluding hydrogens is 200 g/mol. The van der Waals surface area contributed by atoms with Crippen LogP contribution in [0.4, 0.5) is 0 Å². The predicted octanol–water partition coefficient (Wildman–Crippen LogP) is 1.27. The molecule has 82 valence electrons. The maximum absolute atomic E-state index is 10.9. The number of carbonyl (C=O) groups excluding carboxylic acids is 1. The number of hydrogen-bond donors (Lipinski definition) is 2. The summed E-state index contributed by atoms with van der Waals surface area (Å²) in [5, 5.41) is 16.5. The molecule has 1 aromatic rings. The van der Waals surface area contributed by atoms with E-state index < -0.39 is 11.9 Å². The number of phenolic OH excluding ortho intramolecular Hbond substituents is 1. The van der Waals surface area contributed by atoms with Crippen molar-refractivity contribution in [2.24, 2.45) is 0 Å². The summed E-state index contributed by atoms with van der Waals surface area (Å²) in [5.41, 5.74) is 0.190. The molecule has 15 heavy (non-hydrogen) atoms. The van der Waals surface area contributed by atoms with Crippen molar-refractivity contribution in [1.29, 1.82) is 0 Å². The summed E-state index contributed by atoms with van der Waals surface area (Å²) in [6.07, 6.45) is 0. The first-order valence-corrected chi connectivity index (χ1v) is 4.05. The Morgan fingerprint density at radius 2 is 1.73 bits per heavy atom. The first-order chi connectivity index (χ1) is 6.99. The van der Waals surface area contributed by atoms with Gasteiger partial charge in [-0.1, -0.05) is 12.1 Å². The molecule has 0 aliphatic heterocycles. The van der Waals surface area contributed by atoms with Gasteiger partial charge in [-0.25, -0.2) is 4.79 Å². The molecule has 0 aromatic heterocycles. The number of aliphatic carboxylic acids is 1. The van der Waals surface area contributed by atoms with Crippen LogP contribution in [0.15, 0.2) is 24.3 Å². The highest BCUT2D eigenvalue weighted by atomic mass is 16.5. The van der Waals surface area contributed by atoms with Gasteiger partial charge in [-0.05, 0) is 12.1 Å². The summed E-state index contributed by atoms with van der Waals surface area (Å²) in [6.45, 7) is 1.08. The van der Waals surface area contributed by atoms with Crippen LogP contribution >= 0.6 is 0 Å². The molecule has 0 radical (unpaired) electrons. The summed E-state index contributed by atoms with van der Waals surface area (Å²) in [4.78, 5) is 19.9. The Morgan fingerprint density at radius 3 is 2.13 bits per heavy atom. The minimum absolute atomic E-state index is 0.0562. The van der Waals surface area contributed by atoms with Gasteiger partial charge in [0.1, 0.15) is 11.3 Å². The third-order valence-corrected chi connectivity index (χ3v) is 1.31. The highest BCUT2D eigenvalue weighted by Crippen LogP contribution is 2.15. The van der Waals surface area contributed by atoms with Crippen molar-refractivity contribution in [3.05, 3.63) is 29.8 Å². The van der Waals surface area contributed by atoms with Crippen LogP contribution in [0.1, 0.15) is 17.3 Å². The van der Waals surface area contributed by atoms with Crippen LogP contribution in [0.5, 0.6) is 5.75 Å². The van der Waals surface area contributed by atoms with Gasteiger partial charge in [0.05, 0.1) is 7.11 Å². The van der Waals surface area contributed by atoms with E-state index in [-0.39, 0.29) is 11.3 Å². The van der Waals surface area contributed by atoms with E-state index in [4.69, 9.17) is 15.0 Å². The zero-order valence-electron chi connectivity index (χ0n) is 8.43. The number of para-hydroxylation sites is 1. The number of phenols is 1. The Hall–Kier alpha value is -2.04. The summed E-state index contributed by atoms with van der Waals surface area (Å²) >= 11 is 0. The molecule has 5 heteroatoms. The van der Waals surface area contributed by atoms with E-state index in [1.54, 1.807) is 12.1 Å². The Labute approximate surface area is 86.9 Å². The minimum atomic E-state index is -0.833. The van der Waals surface area contributed by atoms with E-state index >= 15 is 0 Å². The van der Waals surface area contributed by atoms with E-state index in [1.165, 1.54) is 19.2 Å². The fraction of sp³-hybridized carbons (Fsp3) is 0.200. The summed E-state index contributed by atoms with van der Waals surface area (Å²) in [5.74, 6) is -1.41. The Morgan fingerprint density at radius 1 is 1.27 bits per heavy atom. The quantitative estimate of drug-likeness (QED) is 0.685. The van der Waals surface area contributed by atoms with Crippen molar-refractivity contribution in [3.8, 4) is 5.75 Å². The summed E-state index contributed by atoms with van der Waals surface area (Å²) in [6, 6.07) is 6.24. The maximum Gasteiger partial charge on any atom is 0.341 e. The van der Waals surface area contributed by atoms with Crippen molar-refractivity contribution in [2.75, 3.05) is 7.11 Å². The first-order valence-electron chi connectivity index (χ1n) is 4.05. The van der Waals surface area contributed by atoms with Crippen molar-refractivity contribution in [1.82, 2.24) is 0 Å². The smallest absolute Gasteiger partial charge is 0.341 e. The third-order valence-electron chi connectivity index (χ3n) is 1.31. The lowest BCUT2D eigenvalue weighted by molar-refractivity contribution is -0.134. The minimum Gasteiger partial charge on any atom is -0.507 e. The van der Waals surface area contributed by atoms with Gasteiger partial charge < -0.3 is 14.9 Å². The topological polar surface area (TPSA) is 83.8 Å². The molecule has 0 saturated heterocycles. The van der Waals surface area contributed by atoms with Crippen LogP contribution in [0.25, 0.3) is 0 Å².